The lowest BCUT2D eigenvalue weighted by molar-refractivity contribution is -0.131. The fourth-order valence-corrected chi connectivity index (χ4v) is 4.25. The van der Waals surface area contributed by atoms with Crippen molar-refractivity contribution in [1.29, 1.82) is 5.26 Å². The summed E-state index contributed by atoms with van der Waals surface area (Å²) >= 11 is 0. The molecule has 0 N–H and O–H groups in total. The molecule has 0 bridgehead atoms. The molecule has 0 radical (unpaired) electrons. The Labute approximate surface area is 160 Å². The van der Waals surface area contributed by atoms with Crippen molar-refractivity contribution in [2.45, 2.75) is 51.1 Å². The Morgan fingerprint density at radius 3 is 2.48 bits per heavy atom. The van der Waals surface area contributed by atoms with Gasteiger partial charge in [0.1, 0.15) is 11.4 Å². The number of nitrogens with zero attached hydrogens (tertiary/aromatic N) is 3. The van der Waals surface area contributed by atoms with E-state index in [1.807, 2.05) is 53.4 Å². The second kappa shape index (κ2) is 7.00. The van der Waals surface area contributed by atoms with E-state index in [4.69, 9.17) is 4.99 Å². The maximum Gasteiger partial charge on any atom is 0.256 e. The zero-order chi connectivity index (χ0) is 18.9. The second-order valence-corrected chi connectivity index (χ2v) is 7.37. The van der Waals surface area contributed by atoms with Crippen LogP contribution in [-0.4, -0.2) is 22.2 Å². The third-order valence-corrected chi connectivity index (χ3v) is 5.70. The van der Waals surface area contributed by atoms with Gasteiger partial charge in [0.05, 0.1) is 18.2 Å². The molecule has 4 nitrogen and oxygen atoms in total. The smallest absolute Gasteiger partial charge is 0.256 e. The standard InChI is InChI=1S/C23H23N3O/c1-2-21-25-23(13-5-6-14-23)22(27)26(21)16-17-9-11-18(12-10-17)20-8-4-3-7-19(20)15-24/h3-4,7-12H,2,5-6,13-14,16H2,1H3. The van der Waals surface area contributed by atoms with Gasteiger partial charge in [0.15, 0.2) is 0 Å². The van der Waals surface area contributed by atoms with Crippen LogP contribution in [0.25, 0.3) is 11.1 Å². The van der Waals surface area contributed by atoms with Gasteiger partial charge in [-0.15, -0.1) is 0 Å². The van der Waals surface area contributed by atoms with E-state index in [1.165, 1.54) is 0 Å². The Balaban J connectivity index is 1.56. The second-order valence-electron chi connectivity index (χ2n) is 7.37. The molecule has 0 saturated heterocycles. The van der Waals surface area contributed by atoms with E-state index in [0.29, 0.717) is 12.1 Å². The minimum Gasteiger partial charge on any atom is -0.294 e. The molecular weight excluding hydrogens is 334 g/mol. The molecule has 4 heteroatoms. The normalized spacial score (nSPS) is 18.0. The monoisotopic (exact) mass is 357 g/mol. The van der Waals surface area contributed by atoms with E-state index in [-0.39, 0.29) is 5.91 Å². The van der Waals surface area contributed by atoms with Crippen molar-refractivity contribution in [3.63, 3.8) is 0 Å². The van der Waals surface area contributed by atoms with Crippen LogP contribution in [0.2, 0.25) is 0 Å². The van der Waals surface area contributed by atoms with Gasteiger partial charge in [0.25, 0.3) is 5.91 Å². The van der Waals surface area contributed by atoms with Crippen LogP contribution in [0.1, 0.15) is 50.2 Å². The lowest BCUT2D eigenvalue weighted by atomic mass is 9.97. The van der Waals surface area contributed by atoms with E-state index < -0.39 is 5.54 Å². The van der Waals surface area contributed by atoms with Crippen molar-refractivity contribution in [2.24, 2.45) is 4.99 Å². The molecule has 0 atom stereocenters. The van der Waals surface area contributed by atoms with E-state index in [0.717, 1.165) is 54.6 Å². The van der Waals surface area contributed by atoms with E-state index in [2.05, 4.69) is 13.0 Å². The number of amidine groups is 1. The first-order valence-corrected chi connectivity index (χ1v) is 9.66. The Morgan fingerprint density at radius 1 is 1.11 bits per heavy atom. The highest BCUT2D eigenvalue weighted by atomic mass is 16.2. The molecule has 0 aromatic heterocycles. The summed E-state index contributed by atoms with van der Waals surface area (Å²) in [5.74, 6) is 1.09. The van der Waals surface area contributed by atoms with Gasteiger partial charge in [-0.05, 0) is 35.6 Å². The summed E-state index contributed by atoms with van der Waals surface area (Å²) in [5.41, 5.74) is 3.22. The van der Waals surface area contributed by atoms with Crippen LogP contribution in [0.3, 0.4) is 0 Å². The number of hydrogen-bond donors (Lipinski definition) is 0. The maximum atomic E-state index is 13.1. The molecule has 0 unspecified atom stereocenters. The van der Waals surface area contributed by atoms with Gasteiger partial charge in [-0.1, -0.05) is 62.2 Å². The van der Waals surface area contributed by atoms with Crippen molar-refractivity contribution < 1.29 is 4.79 Å². The molecule has 27 heavy (non-hydrogen) atoms. The molecule has 2 aromatic carbocycles. The van der Waals surface area contributed by atoms with Gasteiger partial charge in [-0.2, -0.15) is 5.26 Å². The summed E-state index contributed by atoms with van der Waals surface area (Å²) in [7, 11) is 0. The highest BCUT2D eigenvalue weighted by Gasteiger charge is 2.49. The first kappa shape index (κ1) is 17.5. The zero-order valence-electron chi connectivity index (χ0n) is 15.6. The quantitative estimate of drug-likeness (QED) is 0.797. The first-order chi connectivity index (χ1) is 13.2. The topological polar surface area (TPSA) is 56.5 Å². The molecule has 1 aliphatic carbocycles. The highest BCUT2D eigenvalue weighted by molar-refractivity contribution is 6.08. The first-order valence-electron chi connectivity index (χ1n) is 9.66. The Kier molecular flexibility index (Phi) is 4.53. The summed E-state index contributed by atoms with van der Waals surface area (Å²) < 4.78 is 0. The Bertz CT molecular complexity index is 931. The number of rotatable bonds is 4. The van der Waals surface area contributed by atoms with Crippen molar-refractivity contribution >= 4 is 11.7 Å². The Hall–Kier alpha value is -2.93. The van der Waals surface area contributed by atoms with Crippen LogP contribution in [0.4, 0.5) is 0 Å². The SMILES string of the molecule is CCC1=NC2(CCCC2)C(=O)N1Cc1ccc(-c2ccccc2C#N)cc1. The molecule has 2 aromatic rings. The number of nitriles is 1. The van der Waals surface area contributed by atoms with E-state index >= 15 is 0 Å². The predicted molar refractivity (Wildman–Crippen MR) is 106 cm³/mol. The molecule has 1 fully saturated rings. The average molecular weight is 357 g/mol. The van der Waals surface area contributed by atoms with Crippen LogP contribution in [-0.2, 0) is 11.3 Å². The average Bonchev–Trinajstić information content (AvgIpc) is 3.29. The summed E-state index contributed by atoms with van der Waals surface area (Å²) in [6.45, 7) is 2.63. The third-order valence-electron chi connectivity index (χ3n) is 5.70. The zero-order valence-corrected chi connectivity index (χ0v) is 15.6. The molecule has 1 saturated carbocycles. The van der Waals surface area contributed by atoms with Gasteiger partial charge in [-0.3, -0.25) is 14.7 Å². The molecule has 1 amide bonds. The number of carbonyl (C=O) groups excluding carboxylic acids is 1. The van der Waals surface area contributed by atoms with Crippen molar-refractivity contribution in [1.82, 2.24) is 4.90 Å². The van der Waals surface area contributed by atoms with E-state index in [9.17, 15) is 10.1 Å². The summed E-state index contributed by atoms with van der Waals surface area (Å²) in [6, 6.07) is 18.0. The number of hydrogen-bond acceptors (Lipinski definition) is 3. The van der Waals surface area contributed by atoms with Gasteiger partial charge in [0, 0.05) is 6.42 Å². The largest absolute Gasteiger partial charge is 0.294 e. The lowest BCUT2D eigenvalue weighted by Gasteiger charge is -2.22. The van der Waals surface area contributed by atoms with Crippen molar-refractivity contribution in [3.05, 3.63) is 59.7 Å². The predicted octanol–water partition coefficient (Wildman–Crippen LogP) is 4.69. The molecule has 1 spiro atoms. The van der Waals surface area contributed by atoms with Crippen molar-refractivity contribution in [3.8, 4) is 17.2 Å². The molecule has 136 valence electrons. The number of benzene rings is 2. The minimum atomic E-state index is -0.475. The lowest BCUT2D eigenvalue weighted by Crippen LogP contribution is -2.40. The van der Waals surface area contributed by atoms with Gasteiger partial charge in [-0.25, -0.2) is 0 Å². The number of aliphatic imine (C=N–C) groups is 1. The molecular formula is C23H23N3O. The van der Waals surface area contributed by atoms with Crippen LogP contribution in [0.5, 0.6) is 0 Å². The van der Waals surface area contributed by atoms with Crippen molar-refractivity contribution in [2.75, 3.05) is 0 Å². The third kappa shape index (κ3) is 3.04. The maximum absolute atomic E-state index is 13.1. The van der Waals surface area contributed by atoms with Crippen LogP contribution in [0.15, 0.2) is 53.5 Å². The molecule has 1 heterocycles. The molecule has 2 aliphatic rings. The summed E-state index contributed by atoms with van der Waals surface area (Å²) in [4.78, 5) is 19.8. The van der Waals surface area contributed by atoms with Gasteiger partial charge in [0.2, 0.25) is 0 Å². The number of carbonyl (C=O) groups is 1. The summed E-state index contributed by atoms with van der Waals surface area (Å²) in [6.07, 6.45) is 4.73. The minimum absolute atomic E-state index is 0.177. The van der Waals surface area contributed by atoms with Gasteiger partial charge >= 0.3 is 0 Å². The highest BCUT2D eigenvalue weighted by Crippen LogP contribution is 2.39. The van der Waals surface area contributed by atoms with Crippen LogP contribution < -0.4 is 0 Å². The Morgan fingerprint density at radius 2 is 1.81 bits per heavy atom. The fourth-order valence-electron chi connectivity index (χ4n) is 4.25. The molecule has 4 rings (SSSR count). The summed E-state index contributed by atoms with van der Waals surface area (Å²) in [5, 5.41) is 9.30. The van der Waals surface area contributed by atoms with E-state index in [1.54, 1.807) is 0 Å². The van der Waals surface area contributed by atoms with Crippen LogP contribution in [0, 0.1) is 11.3 Å². The fraction of sp³-hybridized carbons (Fsp3) is 0.348. The van der Waals surface area contributed by atoms with Gasteiger partial charge < -0.3 is 0 Å². The number of amides is 1. The molecule has 1 aliphatic heterocycles. The van der Waals surface area contributed by atoms with Crippen LogP contribution >= 0.6 is 0 Å².